The topological polar surface area (TPSA) is 134 Å². The number of aromatic nitrogens is 1. The van der Waals surface area contributed by atoms with Crippen molar-refractivity contribution in [1.29, 1.82) is 0 Å². The van der Waals surface area contributed by atoms with Gasteiger partial charge in [-0.2, -0.15) is 4.31 Å². The standard InChI is InChI=1S/C27H42N2O7S2/c1-15-9-8-10-20-21(29(20)38(7,34)35)12-22(16(2)11-19-14-37-18(4)28-19)36-24(31)13-23(30)27(5,6)26(33)17(3)25(15)32/h11,14-15,17,20-23,25,30,32H,8-10,12-13H2,1-7H3/t15-,17+,20+,21-,22-,23-,25-,29?/m0/s1. The lowest BCUT2D eigenvalue weighted by Crippen LogP contribution is -2.45. The highest BCUT2D eigenvalue weighted by Gasteiger charge is 2.54. The minimum Gasteiger partial charge on any atom is -0.458 e. The third kappa shape index (κ3) is 7.10. The first-order chi connectivity index (χ1) is 17.5. The van der Waals surface area contributed by atoms with Crippen LogP contribution in [0.3, 0.4) is 0 Å². The number of hydrogen-bond donors (Lipinski definition) is 2. The van der Waals surface area contributed by atoms with Crippen LogP contribution in [-0.2, 0) is 24.3 Å². The molecule has 0 bridgehead atoms. The van der Waals surface area contributed by atoms with Gasteiger partial charge >= 0.3 is 5.97 Å². The summed E-state index contributed by atoms with van der Waals surface area (Å²) in [5.41, 5.74) is 0.177. The molecule has 1 aromatic heterocycles. The third-order valence-corrected chi connectivity index (χ3v) is 10.2. The van der Waals surface area contributed by atoms with E-state index in [1.54, 1.807) is 20.8 Å². The Bertz CT molecular complexity index is 1160. The first kappa shape index (κ1) is 30.9. The second kappa shape index (κ2) is 11.8. The molecule has 0 aliphatic carbocycles. The molecule has 2 fully saturated rings. The van der Waals surface area contributed by atoms with Crippen molar-refractivity contribution in [3.63, 3.8) is 0 Å². The molecule has 0 spiro atoms. The van der Waals surface area contributed by atoms with Gasteiger partial charge in [-0.3, -0.25) is 9.59 Å². The largest absolute Gasteiger partial charge is 0.458 e. The van der Waals surface area contributed by atoms with Crippen molar-refractivity contribution in [1.82, 2.24) is 9.29 Å². The van der Waals surface area contributed by atoms with Gasteiger partial charge in [0.25, 0.3) is 0 Å². The number of rotatable bonds is 3. The van der Waals surface area contributed by atoms with E-state index in [1.807, 2.05) is 32.2 Å². The lowest BCUT2D eigenvalue weighted by molar-refractivity contribution is -0.154. The fourth-order valence-electron chi connectivity index (χ4n) is 5.54. The Balaban J connectivity index is 1.94. The van der Waals surface area contributed by atoms with Crippen LogP contribution < -0.4 is 0 Å². The molecule has 214 valence electrons. The predicted molar refractivity (Wildman–Crippen MR) is 147 cm³/mol. The quantitative estimate of drug-likeness (QED) is 0.418. The number of ketones is 1. The zero-order valence-electron chi connectivity index (χ0n) is 23.4. The number of ether oxygens (including phenoxy) is 1. The van der Waals surface area contributed by atoms with Gasteiger partial charge in [0.05, 0.1) is 41.0 Å². The number of thiazole rings is 1. The number of cyclic esters (lactones) is 1. The Labute approximate surface area is 230 Å². The van der Waals surface area contributed by atoms with Crippen molar-refractivity contribution in [3.8, 4) is 0 Å². The molecule has 3 heterocycles. The van der Waals surface area contributed by atoms with Gasteiger partial charge in [-0.05, 0) is 44.3 Å². The SMILES string of the molecule is CC(=Cc1csc(C)n1)[C@@H]1C[C@H]2[C@@H](CCC[C@H](C)[C@H](O)[C@@H](C)C(=O)C(C)(C)[C@@H](O)CC(=O)O1)N2S(C)(=O)=O. The molecule has 8 atom stereocenters. The molecule has 2 saturated heterocycles. The van der Waals surface area contributed by atoms with E-state index in [-0.39, 0.29) is 30.2 Å². The Kier molecular flexibility index (Phi) is 9.62. The van der Waals surface area contributed by atoms with E-state index in [4.69, 9.17) is 4.74 Å². The second-order valence-corrected chi connectivity index (χ2v) is 14.6. The van der Waals surface area contributed by atoms with Crippen molar-refractivity contribution < 1.29 is 33.0 Å². The van der Waals surface area contributed by atoms with Crippen LogP contribution in [0.4, 0.5) is 0 Å². The molecule has 0 aromatic carbocycles. The molecule has 0 amide bonds. The number of nitrogens with zero attached hydrogens (tertiary/aromatic N) is 2. The van der Waals surface area contributed by atoms with Crippen LogP contribution in [0.1, 0.15) is 77.4 Å². The van der Waals surface area contributed by atoms with Crippen molar-refractivity contribution >= 4 is 39.2 Å². The number of aliphatic hydroxyl groups excluding tert-OH is 2. The van der Waals surface area contributed by atoms with E-state index in [1.165, 1.54) is 21.9 Å². The Morgan fingerprint density at radius 1 is 1.21 bits per heavy atom. The first-order valence-electron chi connectivity index (χ1n) is 13.2. The van der Waals surface area contributed by atoms with Crippen molar-refractivity contribution in [2.24, 2.45) is 17.3 Å². The summed E-state index contributed by atoms with van der Waals surface area (Å²) >= 11 is 1.50. The fraction of sp³-hybridized carbons (Fsp3) is 0.741. The number of Topliss-reactive ketones (excluding diaryl/α,β-unsaturated/α-hetero) is 1. The molecule has 3 rings (SSSR count). The minimum absolute atomic E-state index is 0.192. The van der Waals surface area contributed by atoms with E-state index < -0.39 is 52.1 Å². The maximum absolute atomic E-state index is 13.3. The summed E-state index contributed by atoms with van der Waals surface area (Å²) in [6.07, 6.45) is 1.85. The second-order valence-electron chi connectivity index (χ2n) is 11.6. The molecule has 2 aliphatic heterocycles. The van der Waals surface area contributed by atoms with E-state index >= 15 is 0 Å². The summed E-state index contributed by atoms with van der Waals surface area (Å²) in [6.45, 7) is 10.4. The Hall–Kier alpha value is -1.66. The van der Waals surface area contributed by atoms with Crippen LogP contribution in [-0.4, -0.2) is 76.3 Å². The van der Waals surface area contributed by atoms with Crippen molar-refractivity contribution in [2.45, 2.75) is 104 Å². The fourth-order valence-corrected chi connectivity index (χ4v) is 7.51. The van der Waals surface area contributed by atoms with Gasteiger partial charge in [-0.25, -0.2) is 13.4 Å². The third-order valence-electron chi connectivity index (χ3n) is 8.14. The first-order valence-corrected chi connectivity index (χ1v) is 16.0. The summed E-state index contributed by atoms with van der Waals surface area (Å²) in [5.74, 6) is -1.92. The van der Waals surface area contributed by atoms with E-state index in [0.29, 0.717) is 19.3 Å². The number of carbonyl (C=O) groups excluding carboxylic acids is 2. The van der Waals surface area contributed by atoms with Crippen LogP contribution >= 0.6 is 11.3 Å². The molecule has 11 heteroatoms. The molecule has 2 N–H and O–H groups in total. The van der Waals surface area contributed by atoms with Gasteiger partial charge in [0.2, 0.25) is 10.0 Å². The number of aryl methyl sites for hydroxylation is 1. The zero-order chi connectivity index (χ0) is 28.6. The number of esters is 1. The smallest absolute Gasteiger partial charge is 0.309 e. The zero-order valence-corrected chi connectivity index (χ0v) is 25.0. The molecular weight excluding hydrogens is 528 g/mol. The van der Waals surface area contributed by atoms with Gasteiger partial charge in [0, 0.05) is 29.8 Å². The van der Waals surface area contributed by atoms with Crippen LogP contribution in [0.25, 0.3) is 6.08 Å². The van der Waals surface area contributed by atoms with Crippen LogP contribution in [0, 0.1) is 24.2 Å². The maximum atomic E-state index is 13.3. The maximum Gasteiger partial charge on any atom is 0.309 e. The normalized spacial score (nSPS) is 35.9. The van der Waals surface area contributed by atoms with Gasteiger partial charge in [0.15, 0.2) is 0 Å². The summed E-state index contributed by atoms with van der Waals surface area (Å²) in [5, 5.41) is 24.6. The number of aliphatic hydroxyl groups is 2. The highest BCUT2D eigenvalue weighted by molar-refractivity contribution is 7.88. The molecule has 2 aliphatic rings. The molecule has 0 radical (unpaired) electrons. The number of fused-ring (bicyclic) bond motifs is 1. The summed E-state index contributed by atoms with van der Waals surface area (Å²) < 4.78 is 32.4. The molecule has 9 nitrogen and oxygen atoms in total. The van der Waals surface area contributed by atoms with Gasteiger partial charge in [0.1, 0.15) is 11.9 Å². The molecule has 1 unspecified atom stereocenters. The van der Waals surface area contributed by atoms with Crippen LogP contribution in [0.15, 0.2) is 11.0 Å². The van der Waals surface area contributed by atoms with E-state index in [0.717, 1.165) is 16.3 Å². The molecular formula is C27H42N2O7S2. The summed E-state index contributed by atoms with van der Waals surface area (Å²) in [4.78, 5) is 30.7. The predicted octanol–water partition coefficient (Wildman–Crippen LogP) is 3.33. The number of sulfonamides is 1. The molecule has 1 aromatic rings. The van der Waals surface area contributed by atoms with Gasteiger partial charge in [-0.1, -0.05) is 34.1 Å². The van der Waals surface area contributed by atoms with E-state index in [9.17, 15) is 28.2 Å². The average Bonchev–Trinajstić information content (AvgIpc) is 3.36. The number of carbonyl (C=O) groups is 2. The van der Waals surface area contributed by atoms with Crippen molar-refractivity contribution in [3.05, 3.63) is 21.7 Å². The number of hydrogen-bond acceptors (Lipinski definition) is 9. The summed E-state index contributed by atoms with van der Waals surface area (Å²) in [7, 11) is -3.47. The highest BCUT2D eigenvalue weighted by Crippen LogP contribution is 2.41. The van der Waals surface area contributed by atoms with Gasteiger partial charge in [-0.15, -0.1) is 11.3 Å². The molecule has 38 heavy (non-hydrogen) atoms. The Morgan fingerprint density at radius 3 is 2.45 bits per heavy atom. The van der Waals surface area contributed by atoms with Crippen LogP contribution in [0.2, 0.25) is 0 Å². The molecule has 0 saturated carbocycles. The monoisotopic (exact) mass is 570 g/mol. The van der Waals surface area contributed by atoms with Gasteiger partial charge < -0.3 is 14.9 Å². The van der Waals surface area contributed by atoms with E-state index in [2.05, 4.69) is 4.98 Å². The average molecular weight is 571 g/mol. The Morgan fingerprint density at radius 2 is 1.87 bits per heavy atom. The minimum atomic E-state index is -3.47. The lowest BCUT2D eigenvalue weighted by atomic mass is 9.73. The van der Waals surface area contributed by atoms with Crippen molar-refractivity contribution in [2.75, 3.05) is 6.26 Å². The lowest BCUT2D eigenvalue weighted by Gasteiger charge is -2.34. The highest BCUT2D eigenvalue weighted by atomic mass is 32.2. The summed E-state index contributed by atoms with van der Waals surface area (Å²) in [6, 6.07) is -0.542. The van der Waals surface area contributed by atoms with Crippen LogP contribution in [0.5, 0.6) is 0 Å².